The van der Waals surface area contributed by atoms with Gasteiger partial charge in [0, 0.05) is 57.8 Å². The second-order valence-corrected chi connectivity index (χ2v) is 16.4. The van der Waals surface area contributed by atoms with Crippen LogP contribution in [0, 0.1) is 25.2 Å². The topological polar surface area (TPSA) is 38.7 Å². The van der Waals surface area contributed by atoms with Gasteiger partial charge in [0.2, 0.25) is 0 Å². The summed E-state index contributed by atoms with van der Waals surface area (Å²) in [7, 11) is 0. The van der Waals surface area contributed by atoms with E-state index in [1.165, 1.54) is 45.0 Å². The quantitative estimate of drug-likeness (QED) is 0.152. The van der Waals surface area contributed by atoms with Gasteiger partial charge in [-0.15, -0.1) is 13.2 Å². The highest BCUT2D eigenvalue weighted by Crippen LogP contribution is 2.64. The van der Waals surface area contributed by atoms with E-state index in [0.717, 1.165) is 35.9 Å². The van der Waals surface area contributed by atoms with Crippen LogP contribution in [0.3, 0.4) is 0 Å². The van der Waals surface area contributed by atoms with Crippen molar-refractivity contribution >= 4 is 45.8 Å². The lowest BCUT2D eigenvalue weighted by atomic mass is 9.58. The molecular weight excluding hydrogens is 685 g/mol. The summed E-state index contributed by atoms with van der Waals surface area (Å²) >= 11 is 0. The van der Waals surface area contributed by atoms with E-state index in [2.05, 4.69) is 187 Å². The minimum absolute atomic E-state index is 0.0103. The summed E-state index contributed by atoms with van der Waals surface area (Å²) in [6.07, 6.45) is 10.1. The fourth-order valence-corrected chi connectivity index (χ4v) is 11.0. The third kappa shape index (κ3) is 4.56. The number of rotatable bonds is 7. The molecule has 4 aliphatic heterocycles. The highest BCUT2D eigenvalue weighted by molar-refractivity contribution is 5.90. The van der Waals surface area contributed by atoms with Gasteiger partial charge in [-0.05, 0) is 97.5 Å². The Bertz CT molecular complexity index is 2530. The van der Waals surface area contributed by atoms with Crippen LogP contribution >= 0.6 is 0 Å². The maximum absolute atomic E-state index is 5.11. The van der Waals surface area contributed by atoms with E-state index >= 15 is 0 Å². The van der Waals surface area contributed by atoms with E-state index in [4.69, 9.17) is 16.5 Å². The van der Waals surface area contributed by atoms with Crippen LogP contribution in [0.5, 0.6) is 0 Å². The molecule has 0 amide bonds. The first kappa shape index (κ1) is 34.4. The zero-order valence-electron chi connectivity index (χ0n) is 32.7. The van der Waals surface area contributed by atoms with Crippen molar-refractivity contribution in [2.24, 2.45) is 11.3 Å². The lowest BCUT2D eigenvalue weighted by Gasteiger charge is -2.56. The van der Waals surface area contributed by atoms with Crippen molar-refractivity contribution in [3.05, 3.63) is 181 Å². The molecule has 278 valence electrons. The molecule has 2 aromatic heterocycles. The maximum Gasteiger partial charge on any atom is 0.158 e. The van der Waals surface area contributed by atoms with E-state index in [1.54, 1.807) is 0 Å². The number of anilines is 8. The van der Waals surface area contributed by atoms with E-state index in [0.29, 0.717) is 0 Å². The summed E-state index contributed by atoms with van der Waals surface area (Å²) in [6.45, 7) is 18.7. The molecule has 0 N–H and O–H groups in total. The largest absolute Gasteiger partial charge is 0.316 e. The molecule has 56 heavy (non-hydrogen) atoms. The SMILES string of the molecule is C=CC1c2ccccc2N2c3ncccc3N(c3ccccc3C)C2C1(C)CCC1(C=C)c2ccccc2N2c3cccnc3N(c3ccccc3C)C2C1C. The summed E-state index contributed by atoms with van der Waals surface area (Å²) in [6, 6.07) is 44.1. The molecule has 4 aromatic carbocycles. The smallest absolute Gasteiger partial charge is 0.158 e. The Kier molecular flexibility index (Phi) is 7.79. The van der Waals surface area contributed by atoms with Gasteiger partial charge in [-0.2, -0.15) is 0 Å². The molecule has 0 radical (unpaired) electrons. The van der Waals surface area contributed by atoms with Gasteiger partial charge in [0.15, 0.2) is 11.6 Å². The summed E-state index contributed by atoms with van der Waals surface area (Å²) < 4.78 is 0. The zero-order valence-corrected chi connectivity index (χ0v) is 32.7. The van der Waals surface area contributed by atoms with Crippen LogP contribution in [-0.4, -0.2) is 22.3 Å². The molecule has 6 heteroatoms. The Hall–Kier alpha value is -6.14. The predicted octanol–water partition coefficient (Wildman–Crippen LogP) is 12.2. The number of pyridine rings is 2. The van der Waals surface area contributed by atoms with Crippen molar-refractivity contribution in [2.45, 2.75) is 64.2 Å². The van der Waals surface area contributed by atoms with E-state index in [9.17, 15) is 0 Å². The molecular formula is C50H48N6. The average Bonchev–Trinajstić information content (AvgIpc) is 3.77. The van der Waals surface area contributed by atoms with E-state index in [-0.39, 0.29) is 35.0 Å². The zero-order chi connectivity index (χ0) is 38.3. The summed E-state index contributed by atoms with van der Waals surface area (Å²) in [4.78, 5) is 20.3. The van der Waals surface area contributed by atoms with Gasteiger partial charge in [0.05, 0.1) is 11.4 Å². The number of aromatic nitrogens is 2. The average molecular weight is 733 g/mol. The van der Waals surface area contributed by atoms with Crippen LogP contribution < -0.4 is 19.6 Å². The Morgan fingerprint density at radius 2 is 1.12 bits per heavy atom. The number of hydrogen-bond donors (Lipinski definition) is 0. The summed E-state index contributed by atoms with van der Waals surface area (Å²) in [5, 5.41) is 0. The molecule has 0 saturated heterocycles. The number of benzene rings is 4. The van der Waals surface area contributed by atoms with Crippen molar-refractivity contribution in [3.8, 4) is 0 Å². The van der Waals surface area contributed by atoms with Crippen molar-refractivity contribution in [2.75, 3.05) is 19.6 Å². The van der Waals surface area contributed by atoms with Gasteiger partial charge in [-0.1, -0.05) is 98.8 Å². The molecule has 6 heterocycles. The second-order valence-electron chi connectivity index (χ2n) is 16.4. The van der Waals surface area contributed by atoms with Gasteiger partial charge in [0.1, 0.15) is 12.3 Å². The third-order valence-electron chi connectivity index (χ3n) is 13.7. The fraction of sp³-hybridized carbons (Fsp3) is 0.240. The number of para-hydroxylation sites is 4. The van der Waals surface area contributed by atoms with Crippen molar-refractivity contribution in [1.29, 1.82) is 0 Å². The molecule has 10 rings (SSSR count). The van der Waals surface area contributed by atoms with Gasteiger partial charge in [-0.25, -0.2) is 9.97 Å². The third-order valence-corrected chi connectivity index (χ3v) is 13.7. The van der Waals surface area contributed by atoms with Crippen LogP contribution in [0.4, 0.5) is 45.8 Å². The standard InChI is InChI=1S/C50H48N6/c1-7-37-36-21-11-15-25-41(36)56-46-44(28-18-32-52-46)54(39-23-13-9-19-33(39)3)48(56)49(37,6)29-30-50(8-2)35(5)47-53(42-26-16-12-22-38(42)50)43-27-17-31-51-45(43)55(47)40-24-14-10-20-34(40)4/h7-28,31-32,35,37,47-48H,1-2,29-30H2,3-6H3. The maximum atomic E-state index is 5.11. The minimum Gasteiger partial charge on any atom is -0.316 e. The monoisotopic (exact) mass is 732 g/mol. The Morgan fingerprint density at radius 3 is 1.77 bits per heavy atom. The van der Waals surface area contributed by atoms with Crippen molar-refractivity contribution in [3.63, 3.8) is 0 Å². The molecule has 0 spiro atoms. The molecule has 6 unspecified atom stereocenters. The molecule has 6 atom stereocenters. The summed E-state index contributed by atoms with van der Waals surface area (Å²) in [5.41, 5.74) is 11.5. The van der Waals surface area contributed by atoms with E-state index < -0.39 is 0 Å². The predicted molar refractivity (Wildman–Crippen MR) is 231 cm³/mol. The van der Waals surface area contributed by atoms with Crippen LogP contribution in [-0.2, 0) is 5.41 Å². The molecule has 0 bridgehead atoms. The summed E-state index contributed by atoms with van der Waals surface area (Å²) in [5.74, 6) is 2.21. The van der Waals surface area contributed by atoms with E-state index in [1.807, 2.05) is 12.4 Å². The van der Waals surface area contributed by atoms with Gasteiger partial charge in [0.25, 0.3) is 0 Å². The lowest BCUT2D eigenvalue weighted by molar-refractivity contribution is 0.161. The number of aryl methyl sites for hydroxylation is 2. The Labute approximate surface area is 331 Å². The molecule has 0 aliphatic carbocycles. The molecule has 0 saturated carbocycles. The van der Waals surface area contributed by atoms with Crippen LogP contribution in [0.15, 0.2) is 159 Å². The van der Waals surface area contributed by atoms with Crippen LogP contribution in [0.2, 0.25) is 0 Å². The highest BCUT2D eigenvalue weighted by Gasteiger charge is 2.59. The molecule has 4 aliphatic rings. The number of allylic oxidation sites excluding steroid dienone is 2. The van der Waals surface area contributed by atoms with Gasteiger partial charge < -0.3 is 19.6 Å². The van der Waals surface area contributed by atoms with Crippen molar-refractivity contribution in [1.82, 2.24) is 9.97 Å². The van der Waals surface area contributed by atoms with Crippen LogP contribution in [0.1, 0.15) is 54.9 Å². The highest BCUT2D eigenvalue weighted by atomic mass is 15.5. The van der Waals surface area contributed by atoms with Gasteiger partial charge >= 0.3 is 0 Å². The lowest BCUT2D eigenvalue weighted by Crippen LogP contribution is -2.58. The normalized spacial score (nSPS) is 25.4. The number of nitrogens with zero attached hydrogens (tertiary/aromatic N) is 6. The molecule has 6 nitrogen and oxygen atoms in total. The van der Waals surface area contributed by atoms with Gasteiger partial charge in [-0.3, -0.25) is 0 Å². The second kappa shape index (κ2) is 12.7. The Morgan fingerprint density at radius 1 is 0.589 bits per heavy atom. The molecule has 0 fully saturated rings. The minimum atomic E-state index is -0.367. The van der Waals surface area contributed by atoms with Crippen LogP contribution in [0.25, 0.3) is 0 Å². The fourth-order valence-electron chi connectivity index (χ4n) is 11.0. The number of hydrogen-bond acceptors (Lipinski definition) is 6. The number of fused-ring (bicyclic) bond motifs is 10. The first-order chi connectivity index (χ1) is 27.3. The van der Waals surface area contributed by atoms with Crippen molar-refractivity contribution < 1.29 is 0 Å². The first-order valence-electron chi connectivity index (χ1n) is 20.0. The Balaban J connectivity index is 1.15. The molecule has 6 aromatic rings. The first-order valence-corrected chi connectivity index (χ1v) is 20.0.